The SMILES string of the molecule is COC(=O)c1cn(CC#Cc2ccc(-c3onc(C)c3NC(=O)OC(C)c3ccccc3Cl)cc2)cn1. The normalized spacial score (nSPS) is 11.2. The lowest BCUT2D eigenvalue weighted by Crippen LogP contribution is -2.17. The predicted octanol–water partition coefficient (Wildman–Crippen LogP) is 5.65. The third-order valence-corrected chi connectivity index (χ3v) is 5.73. The molecule has 37 heavy (non-hydrogen) atoms. The van der Waals surface area contributed by atoms with Crippen molar-refractivity contribution in [3.8, 4) is 23.2 Å². The van der Waals surface area contributed by atoms with Crippen molar-refractivity contribution in [2.45, 2.75) is 26.5 Å². The summed E-state index contributed by atoms with van der Waals surface area (Å²) in [5.74, 6) is 5.98. The standard InChI is InChI=1S/C27H23ClN4O5/c1-17-24(30-27(34)36-18(2)21-8-4-5-9-22(21)28)25(37-31-17)20-12-10-19(11-13-20)7-6-14-32-15-23(29-16-32)26(33)35-3/h4-5,8-13,15-16,18H,14H2,1-3H3,(H,30,34). The van der Waals surface area contributed by atoms with E-state index in [1.54, 1.807) is 36.7 Å². The van der Waals surface area contributed by atoms with E-state index in [0.29, 0.717) is 39.8 Å². The van der Waals surface area contributed by atoms with Gasteiger partial charge in [-0.05, 0) is 44.2 Å². The van der Waals surface area contributed by atoms with Gasteiger partial charge in [0.15, 0.2) is 11.5 Å². The van der Waals surface area contributed by atoms with E-state index >= 15 is 0 Å². The number of anilines is 1. The second-order valence-electron chi connectivity index (χ2n) is 7.97. The van der Waals surface area contributed by atoms with Crippen LogP contribution in [0.25, 0.3) is 11.3 Å². The van der Waals surface area contributed by atoms with Crippen molar-refractivity contribution >= 4 is 29.4 Å². The highest BCUT2D eigenvalue weighted by atomic mass is 35.5. The molecule has 0 saturated carbocycles. The maximum absolute atomic E-state index is 12.6. The summed E-state index contributed by atoms with van der Waals surface area (Å²) in [6.07, 6.45) is 1.89. The molecule has 0 aliphatic carbocycles. The number of benzene rings is 2. The van der Waals surface area contributed by atoms with Crippen molar-refractivity contribution < 1.29 is 23.6 Å². The highest BCUT2D eigenvalue weighted by Crippen LogP contribution is 2.32. The Bertz CT molecular complexity index is 1480. The maximum Gasteiger partial charge on any atom is 0.412 e. The molecule has 2 aromatic carbocycles. The van der Waals surface area contributed by atoms with Crippen molar-refractivity contribution in [2.75, 3.05) is 12.4 Å². The van der Waals surface area contributed by atoms with E-state index in [0.717, 1.165) is 5.56 Å². The fraction of sp³-hybridized carbons (Fsp3) is 0.185. The Hall–Kier alpha value is -4.55. The first-order chi connectivity index (χ1) is 17.9. The second-order valence-corrected chi connectivity index (χ2v) is 8.38. The van der Waals surface area contributed by atoms with Crippen LogP contribution in [0.2, 0.25) is 5.02 Å². The molecule has 4 aromatic rings. The van der Waals surface area contributed by atoms with E-state index in [4.69, 9.17) is 20.9 Å². The summed E-state index contributed by atoms with van der Waals surface area (Å²) in [4.78, 5) is 28.1. The van der Waals surface area contributed by atoms with Crippen LogP contribution in [0.5, 0.6) is 0 Å². The summed E-state index contributed by atoms with van der Waals surface area (Å²) in [6, 6.07) is 14.5. The molecule has 9 nitrogen and oxygen atoms in total. The maximum atomic E-state index is 12.6. The van der Waals surface area contributed by atoms with Crippen molar-refractivity contribution in [1.82, 2.24) is 14.7 Å². The lowest BCUT2D eigenvalue weighted by Gasteiger charge is -2.15. The van der Waals surface area contributed by atoms with Crippen LogP contribution in [0.4, 0.5) is 10.5 Å². The van der Waals surface area contributed by atoms with E-state index in [9.17, 15) is 9.59 Å². The molecule has 0 bridgehead atoms. The van der Waals surface area contributed by atoms with Gasteiger partial charge in [0.25, 0.3) is 0 Å². The first-order valence-corrected chi connectivity index (χ1v) is 11.6. The number of amides is 1. The second kappa shape index (κ2) is 11.5. The smallest absolute Gasteiger partial charge is 0.412 e. The number of methoxy groups -OCH3 is 1. The van der Waals surface area contributed by atoms with Gasteiger partial charge in [0.1, 0.15) is 17.5 Å². The minimum atomic E-state index is -0.655. The zero-order valence-corrected chi connectivity index (χ0v) is 21.1. The van der Waals surface area contributed by atoms with Crippen LogP contribution in [-0.2, 0) is 16.0 Å². The first kappa shape index (κ1) is 25.5. The van der Waals surface area contributed by atoms with Crippen molar-refractivity contribution in [3.05, 3.63) is 88.6 Å². The van der Waals surface area contributed by atoms with Crippen molar-refractivity contribution in [1.29, 1.82) is 0 Å². The van der Waals surface area contributed by atoms with Gasteiger partial charge in [-0.25, -0.2) is 14.6 Å². The molecule has 188 valence electrons. The number of nitrogens with one attached hydrogen (secondary N) is 1. The molecule has 1 amide bonds. The lowest BCUT2D eigenvalue weighted by atomic mass is 10.1. The molecule has 2 aromatic heterocycles. The third kappa shape index (κ3) is 6.18. The molecule has 1 atom stereocenters. The van der Waals surface area contributed by atoms with Crippen molar-refractivity contribution in [2.24, 2.45) is 0 Å². The molecule has 0 aliphatic heterocycles. The molecule has 0 radical (unpaired) electrons. The van der Waals surface area contributed by atoms with E-state index in [-0.39, 0.29) is 5.69 Å². The molecular weight excluding hydrogens is 496 g/mol. The van der Waals surface area contributed by atoms with Gasteiger partial charge >= 0.3 is 12.1 Å². The number of hydrogen-bond donors (Lipinski definition) is 1. The van der Waals surface area contributed by atoms with Gasteiger partial charge in [0, 0.05) is 27.9 Å². The third-order valence-electron chi connectivity index (χ3n) is 5.39. The Morgan fingerprint density at radius 2 is 1.95 bits per heavy atom. The Morgan fingerprint density at radius 1 is 1.19 bits per heavy atom. The monoisotopic (exact) mass is 518 g/mol. The van der Waals surface area contributed by atoms with E-state index in [2.05, 4.69) is 32.0 Å². The average Bonchev–Trinajstić information content (AvgIpc) is 3.51. The van der Waals surface area contributed by atoms with Gasteiger partial charge in [0.2, 0.25) is 0 Å². The number of carbonyl (C=O) groups excluding carboxylic acids is 2. The van der Waals surface area contributed by atoms with Gasteiger partial charge in [-0.2, -0.15) is 0 Å². The quantitative estimate of drug-likeness (QED) is 0.259. The fourth-order valence-electron chi connectivity index (χ4n) is 3.47. The highest BCUT2D eigenvalue weighted by molar-refractivity contribution is 6.31. The van der Waals surface area contributed by atoms with Crippen LogP contribution in [0, 0.1) is 18.8 Å². The minimum Gasteiger partial charge on any atom is -0.464 e. The number of halogens is 1. The number of rotatable bonds is 6. The highest BCUT2D eigenvalue weighted by Gasteiger charge is 2.20. The summed E-state index contributed by atoms with van der Waals surface area (Å²) in [5, 5.41) is 7.23. The summed E-state index contributed by atoms with van der Waals surface area (Å²) in [6.45, 7) is 3.82. The van der Waals surface area contributed by atoms with E-state index in [1.807, 2.05) is 36.4 Å². The summed E-state index contributed by atoms with van der Waals surface area (Å²) < 4.78 is 17.3. The zero-order valence-electron chi connectivity index (χ0n) is 20.3. The zero-order chi connectivity index (χ0) is 26.4. The van der Waals surface area contributed by atoms with Crippen LogP contribution in [-0.4, -0.2) is 33.9 Å². The van der Waals surface area contributed by atoms with Crippen LogP contribution in [0.3, 0.4) is 0 Å². The van der Waals surface area contributed by atoms with Gasteiger partial charge in [-0.3, -0.25) is 5.32 Å². The minimum absolute atomic E-state index is 0.225. The molecule has 0 spiro atoms. The molecule has 10 heteroatoms. The Kier molecular flexibility index (Phi) is 7.91. The number of carbonyl (C=O) groups is 2. The van der Waals surface area contributed by atoms with Gasteiger partial charge in [-0.1, -0.05) is 46.8 Å². The fourth-order valence-corrected chi connectivity index (χ4v) is 3.76. The number of imidazole rings is 1. The van der Waals surface area contributed by atoms with E-state index in [1.165, 1.54) is 13.4 Å². The molecule has 1 N–H and O–H groups in total. The van der Waals surface area contributed by atoms with Crippen LogP contribution < -0.4 is 5.32 Å². The first-order valence-electron chi connectivity index (χ1n) is 11.2. The van der Waals surface area contributed by atoms with Crippen LogP contribution in [0.15, 0.2) is 65.6 Å². The number of hydrogen-bond acceptors (Lipinski definition) is 7. The Labute approximate surface area is 218 Å². The molecule has 0 saturated heterocycles. The molecule has 0 fully saturated rings. The van der Waals surface area contributed by atoms with Crippen LogP contribution in [0.1, 0.15) is 40.3 Å². The molecule has 2 heterocycles. The number of ether oxygens (including phenoxy) is 2. The number of aryl methyl sites for hydroxylation is 1. The largest absolute Gasteiger partial charge is 0.464 e. The number of nitrogens with zero attached hydrogens (tertiary/aromatic N) is 3. The molecule has 4 rings (SSSR count). The van der Waals surface area contributed by atoms with Gasteiger partial charge in [-0.15, -0.1) is 0 Å². The summed E-state index contributed by atoms with van der Waals surface area (Å²) >= 11 is 6.20. The summed E-state index contributed by atoms with van der Waals surface area (Å²) in [7, 11) is 1.30. The number of aromatic nitrogens is 3. The lowest BCUT2D eigenvalue weighted by molar-refractivity contribution is 0.0594. The Morgan fingerprint density at radius 3 is 2.68 bits per heavy atom. The molecular formula is C27H23ClN4O5. The molecule has 0 aliphatic rings. The predicted molar refractivity (Wildman–Crippen MR) is 137 cm³/mol. The summed E-state index contributed by atoms with van der Waals surface area (Å²) in [5.41, 5.74) is 3.33. The van der Waals surface area contributed by atoms with Crippen LogP contribution >= 0.6 is 11.6 Å². The van der Waals surface area contributed by atoms with Gasteiger partial charge < -0.3 is 18.6 Å². The number of esters is 1. The molecule has 1 unspecified atom stereocenters. The van der Waals surface area contributed by atoms with E-state index < -0.39 is 18.2 Å². The average molecular weight is 519 g/mol. The topological polar surface area (TPSA) is 108 Å². The Balaban J connectivity index is 1.41. The van der Waals surface area contributed by atoms with Crippen molar-refractivity contribution in [3.63, 3.8) is 0 Å². The van der Waals surface area contributed by atoms with Gasteiger partial charge in [0.05, 0.1) is 20.0 Å².